The summed E-state index contributed by atoms with van der Waals surface area (Å²) in [5.41, 5.74) is 3.26. The van der Waals surface area contributed by atoms with E-state index in [-0.39, 0.29) is 25.2 Å². The molecule has 2 aromatic carbocycles. The number of hydrogen-bond acceptors (Lipinski definition) is 6. The standard InChI is InChI=1S/C26H35N3O4/c30-16-15-28-13-10-25(11-14-28)33-24-7-5-21(6-8-24)26(32)27-17-23(31)19-29-12-9-20-3-1-2-4-22(20)18-29/h1-8,23,25,30-31H,9-19H2,(H,27,32)/t23-/m0/s1. The number of aliphatic hydroxyl groups is 2. The van der Waals surface area contributed by atoms with Gasteiger partial charge in [0.25, 0.3) is 5.91 Å². The van der Waals surface area contributed by atoms with E-state index < -0.39 is 6.10 Å². The molecule has 2 aliphatic rings. The molecule has 0 radical (unpaired) electrons. The highest BCUT2D eigenvalue weighted by atomic mass is 16.5. The average molecular weight is 454 g/mol. The summed E-state index contributed by atoms with van der Waals surface area (Å²) in [5.74, 6) is 0.569. The lowest BCUT2D eigenvalue weighted by molar-refractivity contribution is 0.0840. The van der Waals surface area contributed by atoms with Gasteiger partial charge in [-0.15, -0.1) is 0 Å². The van der Waals surface area contributed by atoms with Crippen molar-refractivity contribution in [2.75, 3.05) is 45.9 Å². The third-order valence-corrected chi connectivity index (χ3v) is 6.55. The molecule has 1 atom stereocenters. The van der Waals surface area contributed by atoms with Crippen LogP contribution >= 0.6 is 0 Å². The molecule has 178 valence electrons. The van der Waals surface area contributed by atoms with Crippen LogP contribution in [0, 0.1) is 0 Å². The van der Waals surface area contributed by atoms with E-state index in [1.807, 2.05) is 12.1 Å². The quantitative estimate of drug-likeness (QED) is 0.536. The number of aliphatic hydroxyl groups excluding tert-OH is 2. The van der Waals surface area contributed by atoms with Crippen LogP contribution in [-0.4, -0.2) is 84.0 Å². The van der Waals surface area contributed by atoms with Crippen molar-refractivity contribution in [3.8, 4) is 5.75 Å². The molecule has 0 spiro atoms. The predicted octanol–water partition coefficient (Wildman–Crippen LogP) is 1.67. The van der Waals surface area contributed by atoms with Crippen molar-refractivity contribution in [3.63, 3.8) is 0 Å². The fourth-order valence-corrected chi connectivity index (χ4v) is 4.65. The number of carbonyl (C=O) groups excluding carboxylic acids is 1. The normalized spacial score (nSPS) is 18.5. The molecule has 0 aliphatic carbocycles. The smallest absolute Gasteiger partial charge is 0.251 e. The number of likely N-dealkylation sites (tertiary alicyclic amines) is 1. The van der Waals surface area contributed by atoms with Crippen LogP contribution in [0.4, 0.5) is 0 Å². The molecule has 0 unspecified atom stereocenters. The topological polar surface area (TPSA) is 85.3 Å². The number of β-amino-alcohol motifs (C(OH)–C–C–N with tert-alkyl or cyclic N) is 2. The number of fused-ring (bicyclic) bond motifs is 1. The molecule has 0 saturated carbocycles. The van der Waals surface area contributed by atoms with Gasteiger partial charge in [-0.25, -0.2) is 0 Å². The number of nitrogens with zero attached hydrogens (tertiary/aromatic N) is 2. The Morgan fingerprint density at radius 1 is 1.03 bits per heavy atom. The van der Waals surface area contributed by atoms with Crippen LogP contribution in [0.25, 0.3) is 0 Å². The second-order valence-corrected chi connectivity index (χ2v) is 9.02. The molecule has 4 rings (SSSR count). The molecule has 0 bridgehead atoms. The Balaban J connectivity index is 1.18. The van der Waals surface area contributed by atoms with Gasteiger partial charge in [0.15, 0.2) is 0 Å². The maximum atomic E-state index is 12.5. The zero-order valence-corrected chi connectivity index (χ0v) is 19.2. The predicted molar refractivity (Wildman–Crippen MR) is 127 cm³/mol. The zero-order chi connectivity index (χ0) is 23.0. The largest absolute Gasteiger partial charge is 0.490 e. The summed E-state index contributed by atoms with van der Waals surface area (Å²) in [6.45, 7) is 5.29. The van der Waals surface area contributed by atoms with Crippen molar-refractivity contribution in [1.29, 1.82) is 0 Å². The van der Waals surface area contributed by atoms with Gasteiger partial charge < -0.3 is 25.2 Å². The minimum absolute atomic E-state index is 0.163. The highest BCUT2D eigenvalue weighted by Gasteiger charge is 2.21. The van der Waals surface area contributed by atoms with Crippen molar-refractivity contribution < 1.29 is 19.7 Å². The maximum Gasteiger partial charge on any atom is 0.251 e. The lowest BCUT2D eigenvalue weighted by atomic mass is 10.00. The Hall–Kier alpha value is -2.45. The van der Waals surface area contributed by atoms with E-state index in [4.69, 9.17) is 9.84 Å². The zero-order valence-electron chi connectivity index (χ0n) is 19.2. The third kappa shape index (κ3) is 6.77. The van der Waals surface area contributed by atoms with Crippen molar-refractivity contribution in [3.05, 3.63) is 65.2 Å². The first kappa shape index (κ1) is 23.7. The number of rotatable bonds is 9. The second kappa shape index (κ2) is 11.6. The minimum Gasteiger partial charge on any atom is -0.490 e. The van der Waals surface area contributed by atoms with E-state index in [1.165, 1.54) is 11.1 Å². The van der Waals surface area contributed by atoms with Gasteiger partial charge >= 0.3 is 0 Å². The Bertz CT molecular complexity index is 897. The first-order chi connectivity index (χ1) is 16.1. The summed E-state index contributed by atoms with van der Waals surface area (Å²) in [4.78, 5) is 17.0. The molecule has 3 N–H and O–H groups in total. The molecular formula is C26H35N3O4. The highest BCUT2D eigenvalue weighted by Crippen LogP contribution is 2.20. The van der Waals surface area contributed by atoms with Crippen molar-refractivity contribution >= 4 is 5.91 Å². The number of amides is 1. The molecular weight excluding hydrogens is 418 g/mol. The number of ether oxygens (including phenoxy) is 1. The first-order valence-electron chi connectivity index (χ1n) is 12.0. The Morgan fingerprint density at radius 2 is 1.76 bits per heavy atom. The van der Waals surface area contributed by atoms with Crippen LogP contribution in [0.5, 0.6) is 5.75 Å². The van der Waals surface area contributed by atoms with E-state index in [2.05, 4.69) is 39.4 Å². The molecule has 2 aromatic rings. The van der Waals surface area contributed by atoms with Crippen LogP contribution in [-0.2, 0) is 13.0 Å². The lowest BCUT2D eigenvalue weighted by Crippen LogP contribution is -2.42. The fourth-order valence-electron chi connectivity index (χ4n) is 4.65. The van der Waals surface area contributed by atoms with Gasteiger partial charge in [0.2, 0.25) is 0 Å². The summed E-state index contributed by atoms with van der Waals surface area (Å²) in [6, 6.07) is 15.6. The van der Waals surface area contributed by atoms with Gasteiger partial charge in [-0.05, 0) is 54.7 Å². The summed E-state index contributed by atoms with van der Waals surface area (Å²) in [6.07, 6.45) is 2.41. The van der Waals surface area contributed by atoms with Gasteiger partial charge in [0.05, 0.1) is 12.7 Å². The van der Waals surface area contributed by atoms with E-state index in [0.717, 1.165) is 57.7 Å². The number of piperidine rings is 1. The SMILES string of the molecule is O=C(NC[C@H](O)CN1CCc2ccccc2C1)c1ccc(OC2CCN(CCO)CC2)cc1. The molecule has 1 saturated heterocycles. The minimum atomic E-state index is -0.612. The number of benzene rings is 2. The highest BCUT2D eigenvalue weighted by molar-refractivity contribution is 5.94. The second-order valence-electron chi connectivity index (χ2n) is 9.02. The van der Waals surface area contributed by atoms with Gasteiger partial charge in [-0.2, -0.15) is 0 Å². The fraction of sp³-hybridized carbons (Fsp3) is 0.500. The molecule has 2 heterocycles. The van der Waals surface area contributed by atoms with Crippen LogP contribution in [0.15, 0.2) is 48.5 Å². The molecule has 7 heteroatoms. The van der Waals surface area contributed by atoms with Gasteiger partial charge in [0.1, 0.15) is 11.9 Å². The van der Waals surface area contributed by atoms with Gasteiger partial charge in [0, 0.05) is 51.4 Å². The monoisotopic (exact) mass is 453 g/mol. The van der Waals surface area contributed by atoms with Crippen LogP contribution in [0.1, 0.15) is 34.3 Å². The molecule has 2 aliphatic heterocycles. The molecule has 0 aromatic heterocycles. The molecule has 7 nitrogen and oxygen atoms in total. The Labute approximate surface area is 196 Å². The Morgan fingerprint density at radius 3 is 2.48 bits per heavy atom. The number of carbonyl (C=O) groups is 1. The summed E-state index contributed by atoms with van der Waals surface area (Å²) >= 11 is 0. The summed E-state index contributed by atoms with van der Waals surface area (Å²) < 4.78 is 6.06. The molecule has 1 fully saturated rings. The Kier molecular flexibility index (Phi) is 8.34. The number of hydrogen-bond donors (Lipinski definition) is 3. The third-order valence-electron chi connectivity index (χ3n) is 6.55. The van der Waals surface area contributed by atoms with Crippen molar-refractivity contribution in [2.24, 2.45) is 0 Å². The lowest BCUT2D eigenvalue weighted by Gasteiger charge is -2.31. The van der Waals surface area contributed by atoms with Gasteiger partial charge in [-0.1, -0.05) is 24.3 Å². The molecule has 1 amide bonds. The first-order valence-corrected chi connectivity index (χ1v) is 12.0. The van der Waals surface area contributed by atoms with E-state index in [1.54, 1.807) is 12.1 Å². The van der Waals surface area contributed by atoms with E-state index in [9.17, 15) is 9.90 Å². The van der Waals surface area contributed by atoms with Gasteiger partial charge in [-0.3, -0.25) is 9.69 Å². The summed E-state index contributed by atoms with van der Waals surface area (Å²) in [5, 5.41) is 22.3. The average Bonchev–Trinajstić information content (AvgIpc) is 2.84. The maximum absolute atomic E-state index is 12.5. The van der Waals surface area contributed by atoms with Crippen LogP contribution in [0.2, 0.25) is 0 Å². The van der Waals surface area contributed by atoms with E-state index in [0.29, 0.717) is 12.1 Å². The summed E-state index contributed by atoms with van der Waals surface area (Å²) in [7, 11) is 0. The van der Waals surface area contributed by atoms with E-state index >= 15 is 0 Å². The van der Waals surface area contributed by atoms with Crippen LogP contribution in [0.3, 0.4) is 0 Å². The van der Waals surface area contributed by atoms with Crippen molar-refractivity contribution in [1.82, 2.24) is 15.1 Å². The van der Waals surface area contributed by atoms with Crippen molar-refractivity contribution in [2.45, 2.75) is 38.0 Å². The molecule has 33 heavy (non-hydrogen) atoms. The number of nitrogens with one attached hydrogen (secondary N) is 1. The van der Waals surface area contributed by atoms with Crippen LogP contribution < -0.4 is 10.1 Å².